The Morgan fingerprint density at radius 1 is 1.12 bits per heavy atom. The molecule has 2 nitrogen and oxygen atoms in total. The average molecular weight is 235 g/mol. The summed E-state index contributed by atoms with van der Waals surface area (Å²) in [5, 5.41) is 3.52. The monoisotopic (exact) mass is 235 g/mol. The van der Waals surface area contributed by atoms with Gasteiger partial charge >= 0.3 is 0 Å². The van der Waals surface area contributed by atoms with Crippen LogP contribution < -0.4 is 10.1 Å². The van der Waals surface area contributed by atoms with Crippen LogP contribution in [-0.2, 0) is 0 Å². The lowest BCUT2D eigenvalue weighted by Crippen LogP contribution is -2.23. The molecule has 0 saturated carbocycles. The Kier molecular flexibility index (Phi) is 5.49. The van der Waals surface area contributed by atoms with Crippen LogP contribution in [-0.4, -0.2) is 12.6 Å². The van der Waals surface area contributed by atoms with Gasteiger partial charge in [-0.1, -0.05) is 26.0 Å². The normalized spacial score (nSPS) is 13.1. The third-order valence-electron chi connectivity index (χ3n) is 2.56. The van der Waals surface area contributed by atoms with Gasteiger partial charge in [0.25, 0.3) is 0 Å². The second-order valence-corrected chi connectivity index (χ2v) is 5.26. The van der Waals surface area contributed by atoms with Gasteiger partial charge in [-0.25, -0.2) is 0 Å². The highest BCUT2D eigenvalue weighted by atomic mass is 16.5. The van der Waals surface area contributed by atoms with E-state index in [1.807, 2.05) is 19.9 Å². The maximum atomic E-state index is 5.70. The Morgan fingerprint density at radius 2 is 1.82 bits per heavy atom. The van der Waals surface area contributed by atoms with Crippen molar-refractivity contribution in [3.63, 3.8) is 0 Å². The van der Waals surface area contributed by atoms with Crippen molar-refractivity contribution in [1.82, 2.24) is 5.32 Å². The van der Waals surface area contributed by atoms with E-state index in [9.17, 15) is 0 Å². The zero-order valence-corrected chi connectivity index (χ0v) is 11.7. The van der Waals surface area contributed by atoms with Gasteiger partial charge in [-0.05, 0) is 50.9 Å². The minimum atomic E-state index is 0.226. The fraction of sp³-hybridized carbons (Fsp3) is 0.600. The Morgan fingerprint density at radius 3 is 2.41 bits per heavy atom. The molecule has 1 aromatic carbocycles. The van der Waals surface area contributed by atoms with Crippen LogP contribution in [0.5, 0.6) is 5.75 Å². The molecule has 0 bridgehead atoms. The third-order valence-corrected chi connectivity index (χ3v) is 2.56. The van der Waals surface area contributed by atoms with Gasteiger partial charge in [0.05, 0.1) is 6.10 Å². The maximum absolute atomic E-state index is 5.70. The summed E-state index contributed by atoms with van der Waals surface area (Å²) in [4.78, 5) is 0. The average Bonchev–Trinajstić information content (AvgIpc) is 2.25. The molecule has 1 aromatic rings. The molecule has 0 amide bonds. The van der Waals surface area contributed by atoms with Crippen molar-refractivity contribution in [3.05, 3.63) is 29.8 Å². The number of rotatable bonds is 6. The lowest BCUT2D eigenvalue weighted by atomic mass is 10.1. The molecular formula is C15H25NO. The molecule has 0 aliphatic heterocycles. The van der Waals surface area contributed by atoms with Gasteiger partial charge in [0, 0.05) is 6.04 Å². The molecule has 1 atom stereocenters. The second kappa shape index (κ2) is 6.65. The first-order chi connectivity index (χ1) is 7.99. The Labute approximate surface area is 105 Å². The molecule has 0 aromatic heterocycles. The molecule has 1 N–H and O–H groups in total. The van der Waals surface area contributed by atoms with Crippen molar-refractivity contribution in [2.75, 3.05) is 6.54 Å². The maximum Gasteiger partial charge on any atom is 0.120 e. The quantitative estimate of drug-likeness (QED) is 0.810. The van der Waals surface area contributed by atoms with E-state index < -0.39 is 0 Å². The van der Waals surface area contributed by atoms with Gasteiger partial charge < -0.3 is 10.1 Å². The first-order valence-electron chi connectivity index (χ1n) is 6.49. The van der Waals surface area contributed by atoms with Crippen LogP contribution in [0.25, 0.3) is 0 Å². The lowest BCUT2D eigenvalue weighted by Gasteiger charge is -2.17. The van der Waals surface area contributed by atoms with Crippen LogP contribution in [0.15, 0.2) is 24.3 Å². The van der Waals surface area contributed by atoms with Gasteiger partial charge in [-0.2, -0.15) is 0 Å². The molecular weight excluding hydrogens is 210 g/mol. The van der Waals surface area contributed by atoms with Crippen LogP contribution in [0.1, 0.15) is 46.2 Å². The Bertz CT molecular complexity index is 333. The van der Waals surface area contributed by atoms with Crippen molar-refractivity contribution in [1.29, 1.82) is 0 Å². The topological polar surface area (TPSA) is 21.3 Å². The first kappa shape index (κ1) is 14.0. The second-order valence-electron chi connectivity index (χ2n) is 5.26. The number of nitrogens with one attached hydrogen (secondary N) is 1. The van der Waals surface area contributed by atoms with Gasteiger partial charge in [0.2, 0.25) is 0 Å². The van der Waals surface area contributed by atoms with Crippen molar-refractivity contribution >= 4 is 0 Å². The number of ether oxygens (including phenoxy) is 1. The Hall–Kier alpha value is -1.02. The largest absolute Gasteiger partial charge is 0.491 e. The molecule has 0 radical (unpaired) electrons. The summed E-state index contributed by atoms with van der Waals surface area (Å²) in [6, 6.07) is 8.70. The molecule has 0 spiro atoms. The molecule has 0 aliphatic carbocycles. The summed E-state index contributed by atoms with van der Waals surface area (Å²) in [6.45, 7) is 11.8. The van der Waals surface area contributed by atoms with E-state index in [2.05, 4.69) is 44.3 Å². The molecule has 0 heterocycles. The first-order valence-corrected chi connectivity index (χ1v) is 6.49. The zero-order chi connectivity index (χ0) is 12.8. The standard InChI is InChI=1S/C15H25NO/c1-11(2)10-16-13(5)14-7-6-8-15(9-14)17-12(3)4/h6-9,11-13,16H,10H2,1-5H3/t13-/m1/s1. The number of benzene rings is 1. The molecule has 17 heavy (non-hydrogen) atoms. The molecule has 96 valence electrons. The molecule has 1 rings (SSSR count). The van der Waals surface area contributed by atoms with E-state index in [1.54, 1.807) is 0 Å². The van der Waals surface area contributed by atoms with Crippen LogP contribution in [0.4, 0.5) is 0 Å². The van der Waals surface area contributed by atoms with Gasteiger partial charge in [-0.15, -0.1) is 0 Å². The van der Waals surface area contributed by atoms with Crippen molar-refractivity contribution in [3.8, 4) is 5.75 Å². The fourth-order valence-corrected chi connectivity index (χ4v) is 1.66. The van der Waals surface area contributed by atoms with E-state index >= 15 is 0 Å². The molecule has 0 saturated heterocycles. The minimum absolute atomic E-state index is 0.226. The summed E-state index contributed by atoms with van der Waals surface area (Å²) in [5.74, 6) is 1.63. The molecule has 2 heteroatoms. The smallest absolute Gasteiger partial charge is 0.120 e. The highest BCUT2D eigenvalue weighted by Crippen LogP contribution is 2.20. The number of hydrogen-bond donors (Lipinski definition) is 1. The SMILES string of the molecule is CC(C)CN[C@H](C)c1cccc(OC(C)C)c1. The lowest BCUT2D eigenvalue weighted by molar-refractivity contribution is 0.242. The Balaban J connectivity index is 2.63. The third kappa shape index (κ3) is 5.22. The van der Waals surface area contributed by atoms with Gasteiger partial charge in [-0.3, -0.25) is 0 Å². The van der Waals surface area contributed by atoms with Crippen LogP contribution in [0.2, 0.25) is 0 Å². The zero-order valence-electron chi connectivity index (χ0n) is 11.7. The predicted molar refractivity (Wildman–Crippen MR) is 73.5 cm³/mol. The summed E-state index contributed by atoms with van der Waals surface area (Å²) in [5.41, 5.74) is 1.28. The highest BCUT2D eigenvalue weighted by Gasteiger charge is 2.07. The van der Waals surface area contributed by atoms with Crippen LogP contribution in [0.3, 0.4) is 0 Å². The van der Waals surface area contributed by atoms with Gasteiger partial charge in [0.15, 0.2) is 0 Å². The van der Waals surface area contributed by atoms with Crippen molar-refractivity contribution in [2.24, 2.45) is 5.92 Å². The predicted octanol–water partition coefficient (Wildman–Crippen LogP) is 3.78. The van der Waals surface area contributed by atoms with Crippen molar-refractivity contribution < 1.29 is 4.74 Å². The van der Waals surface area contributed by atoms with Gasteiger partial charge in [0.1, 0.15) is 5.75 Å². The minimum Gasteiger partial charge on any atom is -0.491 e. The highest BCUT2D eigenvalue weighted by molar-refractivity contribution is 5.30. The summed E-state index contributed by atoms with van der Waals surface area (Å²) in [7, 11) is 0. The fourth-order valence-electron chi connectivity index (χ4n) is 1.66. The summed E-state index contributed by atoms with van der Waals surface area (Å²) in [6.07, 6.45) is 0.226. The number of hydrogen-bond acceptors (Lipinski definition) is 2. The van der Waals surface area contributed by atoms with E-state index in [-0.39, 0.29) is 6.10 Å². The van der Waals surface area contributed by atoms with Crippen molar-refractivity contribution in [2.45, 2.75) is 46.8 Å². The molecule has 0 fully saturated rings. The van der Waals surface area contributed by atoms with E-state index in [1.165, 1.54) is 5.56 Å². The summed E-state index contributed by atoms with van der Waals surface area (Å²) >= 11 is 0. The molecule has 0 unspecified atom stereocenters. The summed E-state index contributed by atoms with van der Waals surface area (Å²) < 4.78 is 5.70. The van der Waals surface area contributed by atoms with Crippen LogP contribution in [0, 0.1) is 5.92 Å². The van der Waals surface area contributed by atoms with E-state index in [4.69, 9.17) is 4.74 Å². The van der Waals surface area contributed by atoms with E-state index in [0.29, 0.717) is 12.0 Å². The molecule has 0 aliphatic rings. The van der Waals surface area contributed by atoms with E-state index in [0.717, 1.165) is 12.3 Å². The van der Waals surface area contributed by atoms with Crippen LogP contribution >= 0.6 is 0 Å².